The van der Waals surface area contributed by atoms with Gasteiger partial charge >= 0.3 is 0 Å². The molecule has 1 unspecified atom stereocenters. The number of benzene rings is 5. The molecule has 1 aromatic heterocycles. The lowest BCUT2D eigenvalue weighted by atomic mass is 9.99. The Bertz CT molecular complexity index is 2190. The minimum absolute atomic E-state index is 0.268. The highest BCUT2D eigenvalue weighted by molar-refractivity contribution is 7.13. The van der Waals surface area contributed by atoms with Gasteiger partial charge in [-0.1, -0.05) is 140 Å². The van der Waals surface area contributed by atoms with Gasteiger partial charge in [0.2, 0.25) is 0 Å². The highest BCUT2D eigenvalue weighted by Crippen LogP contribution is 2.39. The van der Waals surface area contributed by atoms with Crippen LogP contribution in [0.25, 0.3) is 33.1 Å². The van der Waals surface area contributed by atoms with Crippen LogP contribution in [0.3, 0.4) is 0 Å². The quantitative estimate of drug-likeness (QED) is 0.138. The van der Waals surface area contributed by atoms with Crippen molar-refractivity contribution in [1.29, 1.82) is 5.26 Å². The molecule has 0 amide bonds. The summed E-state index contributed by atoms with van der Waals surface area (Å²) in [6.45, 7) is 0. The van der Waals surface area contributed by atoms with Gasteiger partial charge in [0, 0.05) is 16.5 Å². The van der Waals surface area contributed by atoms with E-state index in [1.807, 2.05) is 6.07 Å². The van der Waals surface area contributed by atoms with Crippen LogP contribution in [0.15, 0.2) is 164 Å². The average molecular weight is 607 g/mol. The van der Waals surface area contributed by atoms with Crippen molar-refractivity contribution in [3.05, 3.63) is 175 Å². The van der Waals surface area contributed by atoms with Crippen LogP contribution in [0.4, 0.5) is 0 Å². The first-order chi connectivity index (χ1) is 22.8. The first-order valence-corrected chi connectivity index (χ1v) is 18.3. The molecule has 0 N–H and O–H groups in total. The normalized spacial score (nSPS) is 16.3. The fourth-order valence-electron chi connectivity index (χ4n) is 7.85. The second-order valence-corrected chi connectivity index (χ2v) is 16.3. The van der Waals surface area contributed by atoms with Gasteiger partial charge in [-0.15, -0.1) is 0 Å². The molecular formula is C43H34N2Si. The van der Waals surface area contributed by atoms with E-state index in [0.717, 1.165) is 30.2 Å². The maximum absolute atomic E-state index is 9.91. The summed E-state index contributed by atoms with van der Waals surface area (Å²) in [5.74, 6) is 0. The molecule has 0 spiro atoms. The van der Waals surface area contributed by atoms with Crippen LogP contribution in [0.5, 0.6) is 0 Å². The summed E-state index contributed by atoms with van der Waals surface area (Å²) in [6, 6.07) is 49.0. The number of allylic oxidation sites excluding steroid dienone is 8. The van der Waals surface area contributed by atoms with Gasteiger partial charge in [-0.3, -0.25) is 0 Å². The van der Waals surface area contributed by atoms with Crippen LogP contribution in [0.2, 0.25) is 5.54 Å². The maximum Gasteiger partial charge on any atom is 0.157 e. The van der Waals surface area contributed by atoms with Crippen molar-refractivity contribution in [2.45, 2.75) is 24.8 Å². The Labute approximate surface area is 271 Å². The van der Waals surface area contributed by atoms with Crippen LogP contribution in [0.1, 0.15) is 30.4 Å². The minimum Gasteiger partial charge on any atom is -0.313 e. The Morgan fingerprint density at radius 3 is 2.11 bits per heavy atom. The number of nitrogens with zero attached hydrogens (tertiary/aromatic N) is 2. The van der Waals surface area contributed by atoms with Crippen LogP contribution < -0.4 is 15.6 Å². The van der Waals surface area contributed by atoms with E-state index >= 15 is 0 Å². The van der Waals surface area contributed by atoms with E-state index in [0.29, 0.717) is 5.56 Å². The van der Waals surface area contributed by atoms with Crippen molar-refractivity contribution >= 4 is 56.7 Å². The third-order valence-corrected chi connectivity index (χ3v) is 15.1. The molecule has 5 aromatic carbocycles. The van der Waals surface area contributed by atoms with E-state index in [4.69, 9.17) is 0 Å². The highest BCUT2D eigenvalue weighted by Gasteiger charge is 2.47. The summed E-state index contributed by atoms with van der Waals surface area (Å²) < 4.78 is 2.53. The molecule has 0 saturated carbocycles. The van der Waals surface area contributed by atoms with Crippen LogP contribution in [-0.4, -0.2) is 12.6 Å². The molecule has 2 aliphatic carbocycles. The summed E-state index contributed by atoms with van der Waals surface area (Å²) >= 11 is 0. The second kappa shape index (κ2) is 11.8. The first-order valence-electron chi connectivity index (χ1n) is 16.2. The van der Waals surface area contributed by atoms with Crippen molar-refractivity contribution < 1.29 is 0 Å². The van der Waals surface area contributed by atoms with Crippen molar-refractivity contribution in [2.75, 3.05) is 0 Å². The Hall–Kier alpha value is -5.43. The molecule has 1 heterocycles. The lowest BCUT2D eigenvalue weighted by molar-refractivity contribution is 0.978. The Morgan fingerprint density at radius 1 is 0.717 bits per heavy atom. The van der Waals surface area contributed by atoms with Crippen molar-refractivity contribution in [3.8, 4) is 6.07 Å². The monoisotopic (exact) mass is 606 g/mol. The van der Waals surface area contributed by atoms with Crippen molar-refractivity contribution in [3.63, 3.8) is 0 Å². The van der Waals surface area contributed by atoms with E-state index in [9.17, 15) is 5.26 Å². The molecule has 3 heteroatoms. The van der Waals surface area contributed by atoms with Gasteiger partial charge in [0.05, 0.1) is 22.7 Å². The standard InChI is InChI=1S/C43H34N2Si/c44-31-32-27-28-41-40(29-32)39-25-14-26-42(43(39)45(41)35-18-7-2-8-19-35)46(36-20-9-3-10-21-36,37-22-11-4-12-23-37)38-24-13-17-34(30-38)33-15-5-1-6-16-33/h1-7,9-18,20-23,25-30,38H,8,19,24H2. The lowest BCUT2D eigenvalue weighted by Gasteiger charge is -2.41. The molecule has 6 aromatic rings. The zero-order valence-electron chi connectivity index (χ0n) is 25.7. The smallest absolute Gasteiger partial charge is 0.157 e. The molecule has 0 fully saturated rings. The van der Waals surface area contributed by atoms with Gasteiger partial charge in [-0.05, 0) is 75.8 Å². The number of rotatable bonds is 6. The predicted octanol–water partition coefficient (Wildman–Crippen LogP) is 8.74. The van der Waals surface area contributed by atoms with Gasteiger partial charge in [-0.25, -0.2) is 0 Å². The molecule has 2 nitrogen and oxygen atoms in total. The Morgan fingerprint density at radius 2 is 1.43 bits per heavy atom. The lowest BCUT2D eigenvalue weighted by Crippen LogP contribution is -2.70. The van der Waals surface area contributed by atoms with Gasteiger partial charge in [0.25, 0.3) is 0 Å². The molecule has 0 bridgehead atoms. The molecule has 0 aliphatic heterocycles. The number of hydrogen-bond donors (Lipinski definition) is 0. The number of hydrogen-bond acceptors (Lipinski definition) is 1. The topological polar surface area (TPSA) is 28.7 Å². The largest absolute Gasteiger partial charge is 0.313 e. The van der Waals surface area contributed by atoms with E-state index in [2.05, 4.69) is 168 Å². The summed E-state index contributed by atoms with van der Waals surface area (Å²) in [5.41, 5.74) is 7.23. The molecule has 220 valence electrons. The number of aromatic nitrogens is 1. The maximum atomic E-state index is 9.91. The van der Waals surface area contributed by atoms with Crippen molar-refractivity contribution in [2.24, 2.45) is 0 Å². The number of nitriles is 1. The fraction of sp³-hybridized carbons (Fsp3) is 0.0930. The van der Waals surface area contributed by atoms with Crippen LogP contribution >= 0.6 is 0 Å². The highest BCUT2D eigenvalue weighted by atomic mass is 28.3. The van der Waals surface area contributed by atoms with Gasteiger partial charge in [0.1, 0.15) is 0 Å². The molecule has 2 aliphatic rings. The van der Waals surface area contributed by atoms with E-state index < -0.39 is 8.07 Å². The predicted molar refractivity (Wildman–Crippen MR) is 196 cm³/mol. The summed E-state index contributed by atoms with van der Waals surface area (Å²) in [5, 5.41) is 16.5. The zero-order valence-corrected chi connectivity index (χ0v) is 26.7. The minimum atomic E-state index is -2.80. The third kappa shape index (κ3) is 4.53. The number of fused-ring (bicyclic) bond motifs is 3. The van der Waals surface area contributed by atoms with Crippen molar-refractivity contribution in [1.82, 2.24) is 4.57 Å². The molecule has 0 saturated heterocycles. The van der Waals surface area contributed by atoms with Gasteiger partial charge in [0.15, 0.2) is 8.07 Å². The molecular weight excluding hydrogens is 573 g/mol. The average Bonchev–Trinajstić information content (AvgIpc) is 3.48. The van der Waals surface area contributed by atoms with E-state index in [-0.39, 0.29) is 5.54 Å². The summed E-state index contributed by atoms with van der Waals surface area (Å²) in [7, 11) is -2.80. The third-order valence-electron chi connectivity index (χ3n) is 9.81. The van der Waals surface area contributed by atoms with E-state index in [1.165, 1.54) is 43.3 Å². The molecule has 8 rings (SSSR count). The Kier molecular flexibility index (Phi) is 7.21. The summed E-state index contributed by atoms with van der Waals surface area (Å²) in [4.78, 5) is 0. The zero-order chi connectivity index (χ0) is 30.9. The molecule has 1 atom stereocenters. The van der Waals surface area contributed by atoms with Gasteiger partial charge in [-0.2, -0.15) is 5.26 Å². The van der Waals surface area contributed by atoms with Crippen LogP contribution in [-0.2, 0) is 0 Å². The molecule has 46 heavy (non-hydrogen) atoms. The van der Waals surface area contributed by atoms with Crippen LogP contribution in [0, 0.1) is 11.3 Å². The Balaban J connectivity index is 1.54. The SMILES string of the molecule is N#Cc1ccc2c(c1)c1cccc([Si](c3ccccc3)(c3ccccc3)C3C=C(c4ccccc4)C=CC3)c1n2C1=CC=CCC1. The first kappa shape index (κ1) is 28.1. The molecule has 0 radical (unpaired) electrons. The van der Waals surface area contributed by atoms with Gasteiger partial charge < -0.3 is 4.57 Å². The number of para-hydroxylation sites is 1. The van der Waals surface area contributed by atoms with E-state index in [1.54, 1.807) is 0 Å². The second-order valence-electron chi connectivity index (χ2n) is 12.3. The summed E-state index contributed by atoms with van der Waals surface area (Å²) in [6.07, 6.45) is 17.0. The fourth-order valence-corrected chi connectivity index (χ4v) is 13.4.